The Labute approximate surface area is 63.5 Å². The van der Waals surface area contributed by atoms with Crippen LogP contribution in [0, 0.1) is 0 Å². The van der Waals surface area contributed by atoms with Crippen molar-refractivity contribution in [2.45, 2.75) is 6.61 Å². The normalized spacial score (nSPS) is 9.73. The van der Waals surface area contributed by atoms with Gasteiger partial charge in [-0.15, -0.1) is 0 Å². The molecular formula is C5H7BN2O3. The SMILES string of the molecule is OCc1ncc(B(O)O)cn1. The molecule has 0 bridgehead atoms. The van der Waals surface area contributed by atoms with Crippen molar-refractivity contribution in [2.75, 3.05) is 0 Å². The van der Waals surface area contributed by atoms with Crippen LogP contribution < -0.4 is 5.46 Å². The van der Waals surface area contributed by atoms with Gasteiger partial charge in [0.1, 0.15) is 6.61 Å². The third-order valence-electron chi connectivity index (χ3n) is 1.16. The first-order valence-corrected chi connectivity index (χ1v) is 3.02. The van der Waals surface area contributed by atoms with Crippen LogP contribution in [-0.2, 0) is 6.61 Å². The van der Waals surface area contributed by atoms with Gasteiger partial charge in [0.25, 0.3) is 0 Å². The molecule has 0 saturated carbocycles. The minimum absolute atomic E-state index is 0.210. The van der Waals surface area contributed by atoms with E-state index in [0.29, 0.717) is 0 Å². The third kappa shape index (κ3) is 1.97. The molecule has 1 heterocycles. The molecule has 58 valence electrons. The monoisotopic (exact) mass is 154 g/mol. The van der Waals surface area contributed by atoms with E-state index >= 15 is 0 Å². The van der Waals surface area contributed by atoms with Crippen molar-refractivity contribution in [1.82, 2.24) is 9.97 Å². The van der Waals surface area contributed by atoms with E-state index in [4.69, 9.17) is 15.2 Å². The Balaban J connectivity index is 2.83. The zero-order chi connectivity index (χ0) is 8.27. The number of hydrogen-bond acceptors (Lipinski definition) is 5. The molecule has 6 heteroatoms. The fourth-order valence-corrected chi connectivity index (χ4v) is 0.580. The minimum Gasteiger partial charge on any atom is -0.423 e. The molecule has 0 saturated heterocycles. The summed E-state index contributed by atoms with van der Waals surface area (Å²) in [5, 5.41) is 25.7. The van der Waals surface area contributed by atoms with Gasteiger partial charge in [0.2, 0.25) is 0 Å². The highest BCUT2D eigenvalue weighted by Gasteiger charge is 2.10. The molecule has 1 aromatic rings. The molecule has 3 N–H and O–H groups in total. The van der Waals surface area contributed by atoms with Crippen molar-refractivity contribution in [2.24, 2.45) is 0 Å². The van der Waals surface area contributed by atoms with Crippen LogP contribution in [0.4, 0.5) is 0 Å². The molecule has 0 aliphatic heterocycles. The first kappa shape index (κ1) is 8.12. The first-order valence-electron chi connectivity index (χ1n) is 3.02. The lowest BCUT2D eigenvalue weighted by atomic mass is 9.83. The van der Waals surface area contributed by atoms with Gasteiger partial charge in [0.15, 0.2) is 5.82 Å². The second-order valence-electron chi connectivity index (χ2n) is 1.96. The zero-order valence-electron chi connectivity index (χ0n) is 5.68. The van der Waals surface area contributed by atoms with Crippen LogP contribution in [0.2, 0.25) is 0 Å². The van der Waals surface area contributed by atoms with Crippen molar-refractivity contribution in [3.05, 3.63) is 18.2 Å². The van der Waals surface area contributed by atoms with E-state index in [1.807, 2.05) is 0 Å². The van der Waals surface area contributed by atoms with E-state index in [-0.39, 0.29) is 17.9 Å². The molecule has 0 atom stereocenters. The van der Waals surface area contributed by atoms with Crippen molar-refractivity contribution in [1.29, 1.82) is 0 Å². The van der Waals surface area contributed by atoms with Gasteiger partial charge in [-0.2, -0.15) is 0 Å². The molecule has 0 aromatic carbocycles. The highest BCUT2D eigenvalue weighted by atomic mass is 16.4. The molecule has 0 aliphatic rings. The summed E-state index contributed by atoms with van der Waals surface area (Å²) >= 11 is 0. The van der Waals surface area contributed by atoms with Crippen molar-refractivity contribution in [3.8, 4) is 0 Å². The van der Waals surface area contributed by atoms with Gasteiger partial charge in [-0.3, -0.25) is 0 Å². The van der Waals surface area contributed by atoms with Gasteiger partial charge >= 0.3 is 7.12 Å². The summed E-state index contributed by atoms with van der Waals surface area (Å²) in [7, 11) is -1.55. The maximum atomic E-state index is 8.60. The Hall–Kier alpha value is -0.975. The predicted octanol–water partition coefficient (Wildman–Crippen LogP) is -2.35. The Morgan fingerprint density at radius 3 is 2.18 bits per heavy atom. The lowest BCUT2D eigenvalue weighted by molar-refractivity contribution is 0.271. The lowest BCUT2D eigenvalue weighted by Gasteiger charge is -1.97. The maximum absolute atomic E-state index is 8.60. The Morgan fingerprint density at radius 1 is 1.27 bits per heavy atom. The number of aromatic nitrogens is 2. The second-order valence-corrected chi connectivity index (χ2v) is 1.96. The first-order chi connectivity index (χ1) is 5.24. The highest BCUT2D eigenvalue weighted by Crippen LogP contribution is 1.84. The molecular weight excluding hydrogens is 147 g/mol. The molecule has 5 nitrogen and oxygen atoms in total. The van der Waals surface area contributed by atoms with E-state index in [9.17, 15) is 0 Å². The van der Waals surface area contributed by atoms with Crippen molar-refractivity contribution >= 4 is 12.6 Å². The number of rotatable bonds is 2. The number of aliphatic hydroxyl groups excluding tert-OH is 1. The summed E-state index contributed by atoms with van der Waals surface area (Å²) in [6.45, 7) is -0.248. The van der Waals surface area contributed by atoms with Crippen molar-refractivity contribution in [3.63, 3.8) is 0 Å². The molecule has 0 amide bonds. The molecule has 1 aromatic heterocycles. The second kappa shape index (κ2) is 3.43. The van der Waals surface area contributed by atoms with Gasteiger partial charge in [0.05, 0.1) is 0 Å². The Kier molecular flexibility index (Phi) is 2.53. The number of hydrogen-bond donors (Lipinski definition) is 3. The molecule has 1 rings (SSSR count). The van der Waals surface area contributed by atoms with Crippen molar-refractivity contribution < 1.29 is 15.2 Å². The average molecular weight is 154 g/mol. The Bertz CT molecular complexity index is 226. The molecule has 0 radical (unpaired) electrons. The highest BCUT2D eigenvalue weighted by molar-refractivity contribution is 6.58. The zero-order valence-corrected chi connectivity index (χ0v) is 5.68. The van der Waals surface area contributed by atoms with E-state index in [2.05, 4.69) is 9.97 Å². The summed E-state index contributed by atoms with van der Waals surface area (Å²) < 4.78 is 0. The van der Waals surface area contributed by atoms with E-state index in [1.54, 1.807) is 0 Å². The quantitative estimate of drug-likeness (QED) is 0.415. The van der Waals surface area contributed by atoms with Crippen LogP contribution in [-0.4, -0.2) is 32.2 Å². The Morgan fingerprint density at radius 2 is 1.82 bits per heavy atom. The summed E-state index contributed by atoms with van der Waals surface area (Å²) in [5.74, 6) is 0.259. The molecule has 11 heavy (non-hydrogen) atoms. The maximum Gasteiger partial charge on any atom is 0.491 e. The van der Waals surface area contributed by atoms with E-state index < -0.39 is 7.12 Å². The van der Waals surface area contributed by atoms with Gasteiger partial charge in [-0.25, -0.2) is 9.97 Å². The minimum atomic E-state index is -1.55. The summed E-state index contributed by atoms with van der Waals surface area (Å²) in [4.78, 5) is 7.27. The predicted molar refractivity (Wildman–Crippen MR) is 37.8 cm³/mol. The van der Waals surface area contributed by atoms with Gasteiger partial charge < -0.3 is 15.2 Å². The summed E-state index contributed by atoms with van der Waals surface area (Å²) in [6.07, 6.45) is 2.51. The molecule has 0 spiro atoms. The average Bonchev–Trinajstić information content (AvgIpc) is 2.05. The third-order valence-corrected chi connectivity index (χ3v) is 1.16. The standard InChI is InChI=1S/C5H7BN2O3/c9-3-5-7-1-4(2-8-5)6(10)11/h1-2,9-11H,3H2. The van der Waals surface area contributed by atoms with Crippen LogP contribution >= 0.6 is 0 Å². The van der Waals surface area contributed by atoms with Gasteiger partial charge in [-0.05, 0) is 0 Å². The molecule has 0 fully saturated rings. The van der Waals surface area contributed by atoms with Gasteiger partial charge in [-0.1, -0.05) is 0 Å². The fourth-order valence-electron chi connectivity index (χ4n) is 0.580. The molecule has 0 unspecified atom stereocenters. The topological polar surface area (TPSA) is 86.5 Å². The van der Waals surface area contributed by atoms with Crippen LogP contribution in [0.15, 0.2) is 12.4 Å². The van der Waals surface area contributed by atoms with Crippen LogP contribution in [0.5, 0.6) is 0 Å². The van der Waals surface area contributed by atoms with Crippen LogP contribution in [0.25, 0.3) is 0 Å². The van der Waals surface area contributed by atoms with Gasteiger partial charge in [0, 0.05) is 17.9 Å². The number of nitrogens with zero attached hydrogens (tertiary/aromatic N) is 2. The van der Waals surface area contributed by atoms with Crippen LogP contribution in [0.3, 0.4) is 0 Å². The smallest absolute Gasteiger partial charge is 0.423 e. The summed E-state index contributed by atoms with van der Waals surface area (Å²) in [6, 6.07) is 0. The lowest BCUT2D eigenvalue weighted by Crippen LogP contribution is -2.30. The van der Waals surface area contributed by atoms with E-state index in [0.717, 1.165) is 0 Å². The van der Waals surface area contributed by atoms with E-state index in [1.165, 1.54) is 12.4 Å². The molecule has 0 aliphatic carbocycles. The summed E-state index contributed by atoms with van der Waals surface area (Å²) in [5.41, 5.74) is 0.210. The fraction of sp³-hybridized carbons (Fsp3) is 0.200. The van der Waals surface area contributed by atoms with Crippen LogP contribution in [0.1, 0.15) is 5.82 Å². The largest absolute Gasteiger partial charge is 0.491 e. The number of aliphatic hydroxyl groups is 1.